The molecule has 0 aromatic rings. The molecule has 0 radical (unpaired) electrons. The van der Waals surface area contributed by atoms with E-state index in [0.717, 1.165) is 13.1 Å². The summed E-state index contributed by atoms with van der Waals surface area (Å²) in [5.74, 6) is 0. The van der Waals surface area contributed by atoms with Gasteiger partial charge in [0.2, 0.25) is 0 Å². The maximum absolute atomic E-state index is 8.61. The van der Waals surface area contributed by atoms with Crippen LogP contribution in [0.3, 0.4) is 0 Å². The van der Waals surface area contributed by atoms with Crippen LogP contribution in [0.1, 0.15) is 0 Å². The Morgan fingerprint density at radius 1 is 0.867 bits per heavy atom. The van der Waals surface area contributed by atoms with E-state index >= 15 is 0 Å². The SMILES string of the molecule is N#CCN1CCOCCOCCOCC1. The van der Waals surface area contributed by atoms with Crippen LogP contribution in [-0.4, -0.2) is 64.2 Å². The molecular formula is C10H18N2O3. The van der Waals surface area contributed by atoms with Crippen molar-refractivity contribution < 1.29 is 14.2 Å². The Morgan fingerprint density at radius 3 is 1.80 bits per heavy atom. The van der Waals surface area contributed by atoms with Gasteiger partial charge < -0.3 is 14.2 Å². The van der Waals surface area contributed by atoms with E-state index in [1.54, 1.807) is 0 Å². The Balaban J connectivity index is 2.23. The number of nitriles is 1. The lowest BCUT2D eigenvalue weighted by Crippen LogP contribution is -2.32. The lowest BCUT2D eigenvalue weighted by Gasteiger charge is -2.19. The van der Waals surface area contributed by atoms with Gasteiger partial charge in [0.05, 0.1) is 52.3 Å². The number of hydrogen-bond acceptors (Lipinski definition) is 5. The summed E-state index contributed by atoms with van der Waals surface area (Å²) in [6.45, 7) is 5.72. The molecule has 0 bridgehead atoms. The van der Waals surface area contributed by atoms with E-state index in [2.05, 4.69) is 6.07 Å². The van der Waals surface area contributed by atoms with Gasteiger partial charge in [0.1, 0.15) is 0 Å². The topological polar surface area (TPSA) is 54.7 Å². The highest BCUT2D eigenvalue weighted by Crippen LogP contribution is 1.91. The molecule has 1 aliphatic heterocycles. The van der Waals surface area contributed by atoms with Crippen LogP contribution in [0.4, 0.5) is 0 Å². The van der Waals surface area contributed by atoms with Gasteiger partial charge in [0.25, 0.3) is 0 Å². The first-order chi connectivity index (χ1) is 7.43. The minimum absolute atomic E-state index is 0.434. The molecule has 1 rings (SSSR count). The Labute approximate surface area is 90.5 Å². The van der Waals surface area contributed by atoms with Gasteiger partial charge in [-0.05, 0) is 0 Å². The van der Waals surface area contributed by atoms with E-state index in [4.69, 9.17) is 19.5 Å². The number of ether oxygens (including phenoxy) is 3. The van der Waals surface area contributed by atoms with Crippen molar-refractivity contribution in [3.8, 4) is 6.07 Å². The smallest absolute Gasteiger partial charge is 0.0867 e. The summed E-state index contributed by atoms with van der Waals surface area (Å²) in [6.07, 6.45) is 0. The third kappa shape index (κ3) is 6.42. The Hall–Kier alpha value is -0.670. The van der Waals surface area contributed by atoms with Crippen LogP contribution in [0.15, 0.2) is 0 Å². The normalized spacial score (nSPS) is 22.3. The number of rotatable bonds is 1. The van der Waals surface area contributed by atoms with Crippen molar-refractivity contribution in [2.75, 3.05) is 59.3 Å². The fourth-order valence-electron chi connectivity index (χ4n) is 1.30. The Bertz CT molecular complexity index is 182. The summed E-state index contributed by atoms with van der Waals surface area (Å²) in [5.41, 5.74) is 0. The second-order valence-electron chi connectivity index (χ2n) is 3.27. The first-order valence-electron chi connectivity index (χ1n) is 5.26. The molecular weight excluding hydrogens is 196 g/mol. The van der Waals surface area contributed by atoms with Gasteiger partial charge in [0, 0.05) is 13.1 Å². The molecule has 0 aromatic heterocycles. The quantitative estimate of drug-likeness (QED) is 0.569. The lowest BCUT2D eigenvalue weighted by molar-refractivity contribution is -0.00423. The van der Waals surface area contributed by atoms with Crippen LogP contribution in [0.2, 0.25) is 0 Å². The van der Waals surface area contributed by atoms with Crippen LogP contribution in [0.5, 0.6) is 0 Å². The fraction of sp³-hybridized carbons (Fsp3) is 0.900. The molecule has 0 spiro atoms. The van der Waals surface area contributed by atoms with Crippen molar-refractivity contribution in [3.63, 3.8) is 0 Å². The van der Waals surface area contributed by atoms with E-state index in [9.17, 15) is 0 Å². The lowest BCUT2D eigenvalue weighted by atomic mass is 10.4. The van der Waals surface area contributed by atoms with Crippen LogP contribution in [0, 0.1) is 11.3 Å². The molecule has 1 saturated heterocycles. The molecule has 0 atom stereocenters. The van der Waals surface area contributed by atoms with Crippen molar-refractivity contribution in [2.24, 2.45) is 0 Å². The second-order valence-corrected chi connectivity index (χ2v) is 3.27. The summed E-state index contributed by atoms with van der Waals surface area (Å²) < 4.78 is 16.0. The third-order valence-corrected chi connectivity index (χ3v) is 2.14. The average molecular weight is 214 g/mol. The maximum Gasteiger partial charge on any atom is 0.0867 e. The largest absolute Gasteiger partial charge is 0.378 e. The average Bonchev–Trinajstić information content (AvgIpc) is 2.22. The van der Waals surface area contributed by atoms with E-state index < -0.39 is 0 Å². The fourth-order valence-corrected chi connectivity index (χ4v) is 1.30. The molecule has 0 aliphatic carbocycles. The van der Waals surface area contributed by atoms with Gasteiger partial charge in [-0.2, -0.15) is 5.26 Å². The monoisotopic (exact) mass is 214 g/mol. The molecule has 0 N–H and O–H groups in total. The standard InChI is InChI=1S/C10H18N2O3/c11-1-2-12-3-5-13-7-9-15-10-8-14-6-4-12/h2-10H2. The molecule has 0 saturated carbocycles. The van der Waals surface area contributed by atoms with E-state index in [1.807, 2.05) is 4.90 Å². The van der Waals surface area contributed by atoms with Crippen LogP contribution in [-0.2, 0) is 14.2 Å². The zero-order valence-corrected chi connectivity index (χ0v) is 8.98. The summed E-state index contributed by atoms with van der Waals surface area (Å²) >= 11 is 0. The predicted molar refractivity (Wildman–Crippen MR) is 54.5 cm³/mol. The predicted octanol–water partition coefficient (Wildman–Crippen LogP) is -0.125. The first-order valence-corrected chi connectivity index (χ1v) is 5.26. The Morgan fingerprint density at radius 2 is 1.33 bits per heavy atom. The Kier molecular flexibility index (Phi) is 7.13. The summed E-state index contributed by atoms with van der Waals surface area (Å²) in [5, 5.41) is 8.61. The van der Waals surface area contributed by atoms with Gasteiger partial charge >= 0.3 is 0 Å². The first kappa shape index (κ1) is 12.4. The zero-order valence-electron chi connectivity index (χ0n) is 8.98. The molecule has 1 fully saturated rings. The molecule has 0 aromatic carbocycles. The van der Waals surface area contributed by atoms with Crippen LogP contribution >= 0.6 is 0 Å². The minimum atomic E-state index is 0.434. The van der Waals surface area contributed by atoms with Gasteiger partial charge in [-0.25, -0.2) is 0 Å². The van der Waals surface area contributed by atoms with Gasteiger partial charge in [0.15, 0.2) is 0 Å². The molecule has 86 valence electrons. The van der Waals surface area contributed by atoms with Crippen molar-refractivity contribution >= 4 is 0 Å². The molecule has 15 heavy (non-hydrogen) atoms. The van der Waals surface area contributed by atoms with Crippen LogP contribution in [0.25, 0.3) is 0 Å². The van der Waals surface area contributed by atoms with Gasteiger partial charge in [-0.3, -0.25) is 4.90 Å². The molecule has 5 heteroatoms. The van der Waals surface area contributed by atoms with Crippen molar-refractivity contribution in [1.82, 2.24) is 4.90 Å². The highest BCUT2D eigenvalue weighted by Gasteiger charge is 2.04. The molecule has 5 nitrogen and oxygen atoms in total. The van der Waals surface area contributed by atoms with E-state index in [1.165, 1.54) is 0 Å². The molecule has 0 amide bonds. The molecule has 1 heterocycles. The highest BCUT2D eigenvalue weighted by atomic mass is 16.5. The highest BCUT2D eigenvalue weighted by molar-refractivity contribution is 4.76. The van der Waals surface area contributed by atoms with Gasteiger partial charge in [-0.15, -0.1) is 0 Å². The second kappa shape index (κ2) is 8.62. The summed E-state index contributed by atoms with van der Waals surface area (Å²) in [7, 11) is 0. The van der Waals surface area contributed by atoms with Crippen molar-refractivity contribution in [3.05, 3.63) is 0 Å². The molecule has 1 aliphatic rings. The summed E-state index contributed by atoms with van der Waals surface area (Å²) in [6, 6.07) is 2.14. The number of hydrogen-bond donors (Lipinski definition) is 0. The van der Waals surface area contributed by atoms with Crippen LogP contribution < -0.4 is 0 Å². The minimum Gasteiger partial charge on any atom is -0.378 e. The third-order valence-electron chi connectivity index (χ3n) is 2.14. The zero-order chi connectivity index (χ0) is 10.8. The molecule has 0 unspecified atom stereocenters. The van der Waals surface area contributed by atoms with Crippen molar-refractivity contribution in [2.45, 2.75) is 0 Å². The summed E-state index contributed by atoms with van der Waals surface area (Å²) in [4.78, 5) is 2.03. The van der Waals surface area contributed by atoms with E-state index in [0.29, 0.717) is 46.2 Å². The number of nitrogens with zero attached hydrogens (tertiary/aromatic N) is 2. The van der Waals surface area contributed by atoms with Crippen molar-refractivity contribution in [1.29, 1.82) is 5.26 Å². The van der Waals surface area contributed by atoms with Gasteiger partial charge in [-0.1, -0.05) is 0 Å². The van der Waals surface area contributed by atoms with E-state index in [-0.39, 0.29) is 0 Å². The maximum atomic E-state index is 8.61.